The largest absolute Gasteiger partial charge is 0.396 e. The summed E-state index contributed by atoms with van der Waals surface area (Å²) >= 11 is 0. The van der Waals surface area contributed by atoms with Gasteiger partial charge in [0, 0.05) is 24.4 Å². The molecule has 1 heterocycles. The maximum Gasteiger partial charge on any atom is 0.222 e. The molecule has 0 aliphatic rings. The lowest BCUT2D eigenvalue weighted by Gasteiger charge is -2.13. The molecule has 0 fully saturated rings. The number of aromatic nitrogens is 2. The summed E-state index contributed by atoms with van der Waals surface area (Å²) in [7, 11) is 0. The lowest BCUT2D eigenvalue weighted by atomic mass is 10.2. The lowest BCUT2D eigenvalue weighted by Crippen LogP contribution is -2.18. The normalized spacial score (nSPS) is 12.5. The number of anilines is 2. The minimum Gasteiger partial charge on any atom is -0.396 e. The van der Waals surface area contributed by atoms with E-state index in [0.717, 1.165) is 5.69 Å². The first kappa shape index (κ1) is 10.7. The average molecular weight is 196 g/mol. The van der Waals surface area contributed by atoms with Crippen LogP contribution in [0.3, 0.4) is 0 Å². The Morgan fingerprint density at radius 2 is 2.29 bits per heavy atom. The van der Waals surface area contributed by atoms with E-state index < -0.39 is 0 Å². The summed E-state index contributed by atoms with van der Waals surface area (Å²) in [6, 6.07) is 2.00. The third-order valence-corrected chi connectivity index (χ3v) is 1.83. The number of hydrogen-bond acceptors (Lipinski definition) is 5. The number of rotatable bonds is 4. The Morgan fingerprint density at radius 3 is 2.86 bits per heavy atom. The summed E-state index contributed by atoms with van der Waals surface area (Å²) in [5.74, 6) is 0.972. The van der Waals surface area contributed by atoms with E-state index in [1.54, 1.807) is 0 Å². The fourth-order valence-corrected chi connectivity index (χ4v) is 1.18. The monoisotopic (exact) mass is 196 g/mol. The van der Waals surface area contributed by atoms with Crippen molar-refractivity contribution in [3.8, 4) is 0 Å². The van der Waals surface area contributed by atoms with Gasteiger partial charge in [-0.3, -0.25) is 0 Å². The summed E-state index contributed by atoms with van der Waals surface area (Å²) in [6.45, 7) is 4.00. The van der Waals surface area contributed by atoms with Gasteiger partial charge in [-0.15, -0.1) is 0 Å². The molecule has 78 valence electrons. The van der Waals surface area contributed by atoms with E-state index in [4.69, 9.17) is 10.8 Å². The quantitative estimate of drug-likeness (QED) is 0.655. The molecule has 0 saturated carbocycles. The molecule has 1 aromatic heterocycles. The van der Waals surface area contributed by atoms with Gasteiger partial charge in [0.15, 0.2) is 0 Å². The molecule has 0 spiro atoms. The van der Waals surface area contributed by atoms with Gasteiger partial charge in [0.2, 0.25) is 5.95 Å². The molecule has 1 atom stereocenters. The van der Waals surface area contributed by atoms with Crippen LogP contribution in [0.15, 0.2) is 6.07 Å². The summed E-state index contributed by atoms with van der Waals surface area (Å²) in [5, 5.41) is 11.9. The molecule has 1 rings (SSSR count). The first-order valence-corrected chi connectivity index (χ1v) is 4.60. The standard InChI is InChI=1S/C9H16N4O/c1-6(3-4-14)11-8-5-7(2)12-9(10)13-8/h5-6,14H,3-4H2,1-2H3,(H3,10,11,12,13)/t6-/m1/s1. The molecule has 0 aliphatic carbocycles. The van der Waals surface area contributed by atoms with Crippen LogP contribution in [0.5, 0.6) is 0 Å². The topological polar surface area (TPSA) is 84.1 Å². The number of nitrogens with zero attached hydrogens (tertiary/aromatic N) is 2. The molecular weight excluding hydrogens is 180 g/mol. The van der Waals surface area contributed by atoms with Crippen LogP contribution in [0.1, 0.15) is 19.0 Å². The summed E-state index contributed by atoms with van der Waals surface area (Å²) < 4.78 is 0. The number of aliphatic hydroxyl groups is 1. The Balaban J connectivity index is 2.66. The van der Waals surface area contributed by atoms with Crippen molar-refractivity contribution in [3.05, 3.63) is 11.8 Å². The highest BCUT2D eigenvalue weighted by Crippen LogP contribution is 2.09. The highest BCUT2D eigenvalue weighted by Gasteiger charge is 2.03. The van der Waals surface area contributed by atoms with Crippen LogP contribution < -0.4 is 11.1 Å². The fourth-order valence-electron chi connectivity index (χ4n) is 1.18. The highest BCUT2D eigenvalue weighted by atomic mass is 16.3. The molecule has 0 aromatic carbocycles. The second kappa shape index (κ2) is 4.76. The smallest absolute Gasteiger partial charge is 0.222 e. The maximum atomic E-state index is 8.73. The van der Waals surface area contributed by atoms with E-state index in [0.29, 0.717) is 12.2 Å². The SMILES string of the molecule is Cc1cc(N[C@H](C)CCO)nc(N)n1. The second-order valence-corrected chi connectivity index (χ2v) is 3.31. The van der Waals surface area contributed by atoms with E-state index in [1.165, 1.54) is 0 Å². The van der Waals surface area contributed by atoms with Crippen LogP contribution in [0, 0.1) is 6.92 Å². The fraction of sp³-hybridized carbons (Fsp3) is 0.556. The molecule has 0 saturated heterocycles. The van der Waals surface area contributed by atoms with Gasteiger partial charge in [0.05, 0.1) is 0 Å². The predicted octanol–water partition coefficient (Wildman–Crippen LogP) is 0.550. The van der Waals surface area contributed by atoms with Gasteiger partial charge in [-0.25, -0.2) is 4.98 Å². The molecule has 4 N–H and O–H groups in total. The Kier molecular flexibility index (Phi) is 3.64. The van der Waals surface area contributed by atoms with E-state index in [9.17, 15) is 0 Å². The van der Waals surface area contributed by atoms with Gasteiger partial charge in [0.25, 0.3) is 0 Å². The van der Waals surface area contributed by atoms with E-state index >= 15 is 0 Å². The minimum absolute atomic E-state index is 0.160. The number of nitrogen functional groups attached to an aromatic ring is 1. The van der Waals surface area contributed by atoms with Gasteiger partial charge < -0.3 is 16.2 Å². The predicted molar refractivity (Wildman–Crippen MR) is 56.0 cm³/mol. The average Bonchev–Trinajstić information content (AvgIpc) is 2.01. The maximum absolute atomic E-state index is 8.73. The Morgan fingerprint density at radius 1 is 1.57 bits per heavy atom. The molecule has 0 unspecified atom stereocenters. The Bertz CT molecular complexity index is 283. The number of nitrogens with one attached hydrogen (secondary N) is 1. The van der Waals surface area contributed by atoms with E-state index in [1.807, 2.05) is 19.9 Å². The molecule has 0 radical (unpaired) electrons. The van der Waals surface area contributed by atoms with Gasteiger partial charge in [0.1, 0.15) is 5.82 Å². The molecule has 0 aliphatic heterocycles. The van der Waals surface area contributed by atoms with Crippen molar-refractivity contribution in [2.24, 2.45) is 0 Å². The van der Waals surface area contributed by atoms with E-state index in [-0.39, 0.29) is 18.6 Å². The Labute approximate surface area is 83.4 Å². The number of aryl methyl sites for hydroxylation is 1. The molecule has 1 aromatic rings. The van der Waals surface area contributed by atoms with Crippen molar-refractivity contribution in [1.82, 2.24) is 9.97 Å². The minimum atomic E-state index is 0.160. The van der Waals surface area contributed by atoms with Gasteiger partial charge >= 0.3 is 0 Å². The number of hydrogen-bond donors (Lipinski definition) is 3. The second-order valence-electron chi connectivity index (χ2n) is 3.31. The van der Waals surface area contributed by atoms with Crippen LogP contribution in [0.4, 0.5) is 11.8 Å². The van der Waals surface area contributed by atoms with Gasteiger partial charge in [-0.1, -0.05) is 0 Å². The van der Waals surface area contributed by atoms with Crippen molar-refractivity contribution in [1.29, 1.82) is 0 Å². The first-order valence-electron chi connectivity index (χ1n) is 4.60. The van der Waals surface area contributed by atoms with Crippen molar-refractivity contribution in [3.63, 3.8) is 0 Å². The first-order chi connectivity index (χ1) is 6.61. The third kappa shape index (κ3) is 3.18. The zero-order valence-electron chi connectivity index (χ0n) is 8.49. The lowest BCUT2D eigenvalue weighted by molar-refractivity contribution is 0.282. The number of nitrogens with two attached hydrogens (primary N) is 1. The third-order valence-electron chi connectivity index (χ3n) is 1.83. The van der Waals surface area contributed by atoms with Crippen LogP contribution >= 0.6 is 0 Å². The molecule has 5 heteroatoms. The molecule has 5 nitrogen and oxygen atoms in total. The van der Waals surface area contributed by atoms with Crippen molar-refractivity contribution < 1.29 is 5.11 Å². The molecule has 0 amide bonds. The van der Waals surface area contributed by atoms with Crippen molar-refractivity contribution in [2.45, 2.75) is 26.3 Å². The van der Waals surface area contributed by atoms with Crippen molar-refractivity contribution >= 4 is 11.8 Å². The summed E-state index contributed by atoms with van der Waals surface area (Å²) in [4.78, 5) is 7.99. The van der Waals surface area contributed by atoms with Gasteiger partial charge in [-0.05, 0) is 20.3 Å². The Hall–Kier alpha value is -1.36. The molecule has 14 heavy (non-hydrogen) atoms. The van der Waals surface area contributed by atoms with E-state index in [2.05, 4.69) is 15.3 Å². The number of aliphatic hydroxyl groups excluding tert-OH is 1. The molecular formula is C9H16N4O. The van der Waals surface area contributed by atoms with Crippen LogP contribution in [-0.2, 0) is 0 Å². The summed E-state index contributed by atoms with van der Waals surface area (Å²) in [5.41, 5.74) is 6.33. The highest BCUT2D eigenvalue weighted by molar-refractivity contribution is 5.40. The zero-order valence-corrected chi connectivity index (χ0v) is 8.49. The van der Waals surface area contributed by atoms with Crippen LogP contribution in [0.25, 0.3) is 0 Å². The van der Waals surface area contributed by atoms with Crippen molar-refractivity contribution in [2.75, 3.05) is 17.7 Å². The van der Waals surface area contributed by atoms with Crippen LogP contribution in [-0.4, -0.2) is 27.7 Å². The molecule has 0 bridgehead atoms. The zero-order chi connectivity index (χ0) is 10.6. The van der Waals surface area contributed by atoms with Gasteiger partial charge in [-0.2, -0.15) is 4.98 Å². The summed E-state index contributed by atoms with van der Waals surface area (Å²) in [6.07, 6.45) is 0.683. The van der Waals surface area contributed by atoms with Crippen LogP contribution in [0.2, 0.25) is 0 Å².